The molecule has 2 heteroatoms. The molecule has 0 unspecified atom stereocenters. The van der Waals surface area contributed by atoms with Crippen LogP contribution in [0.5, 0.6) is 0 Å². The molecule has 4 atom stereocenters. The van der Waals surface area contributed by atoms with Crippen molar-refractivity contribution in [1.82, 2.24) is 0 Å². The lowest BCUT2D eigenvalue weighted by atomic mass is 9.50. The van der Waals surface area contributed by atoms with E-state index in [1.807, 2.05) is 11.8 Å². The van der Waals surface area contributed by atoms with Crippen molar-refractivity contribution in [3.63, 3.8) is 0 Å². The fourth-order valence-electron chi connectivity index (χ4n) is 6.58. The van der Waals surface area contributed by atoms with Gasteiger partial charge in [-0.1, -0.05) is 30.2 Å². The zero-order chi connectivity index (χ0) is 16.8. The van der Waals surface area contributed by atoms with Crippen LogP contribution in [-0.2, 0) is 0 Å². The van der Waals surface area contributed by atoms with Gasteiger partial charge in [-0.25, -0.2) is 4.39 Å². The molecule has 0 aliphatic heterocycles. The van der Waals surface area contributed by atoms with Crippen LogP contribution in [0.15, 0.2) is 35.2 Å². The predicted octanol–water partition coefficient (Wildman–Crippen LogP) is 6.85. The lowest BCUT2D eigenvalue weighted by molar-refractivity contribution is 0.134. The van der Waals surface area contributed by atoms with Crippen LogP contribution < -0.4 is 0 Å². The Hall–Kier alpha value is -0.500. The summed E-state index contributed by atoms with van der Waals surface area (Å²) in [5.74, 6) is 2.64. The first-order valence-electron chi connectivity index (χ1n) is 9.84. The van der Waals surface area contributed by atoms with Crippen molar-refractivity contribution in [2.75, 3.05) is 12.0 Å². The average Bonchev–Trinajstić information content (AvgIpc) is 2.96. The fraction of sp³-hybridized carbons (Fsp3) is 0.727. The SMILES string of the molecule is CSCC[C@]12CCCC=C1CC[C@@H]1C2=CC[C@]2(C)C(=CF)CC[C@@H]12. The molecular formula is C22H31FS. The van der Waals surface area contributed by atoms with E-state index < -0.39 is 0 Å². The number of allylic oxidation sites excluding steroid dienone is 5. The first-order chi connectivity index (χ1) is 11.7. The zero-order valence-corrected chi connectivity index (χ0v) is 16.1. The molecule has 2 saturated carbocycles. The summed E-state index contributed by atoms with van der Waals surface area (Å²) in [5, 5.41) is 0. The Morgan fingerprint density at radius 1 is 1.29 bits per heavy atom. The van der Waals surface area contributed by atoms with E-state index in [-0.39, 0.29) is 5.41 Å². The third kappa shape index (κ3) is 2.31. The van der Waals surface area contributed by atoms with Crippen LogP contribution in [0.1, 0.15) is 64.7 Å². The number of thioether (sulfide) groups is 1. The highest BCUT2D eigenvalue weighted by Gasteiger charge is 2.54. The Bertz CT molecular complexity index is 601. The molecule has 4 rings (SSSR count). The monoisotopic (exact) mass is 346 g/mol. The van der Waals surface area contributed by atoms with Crippen LogP contribution in [0, 0.1) is 22.7 Å². The van der Waals surface area contributed by atoms with Crippen molar-refractivity contribution in [2.45, 2.75) is 64.7 Å². The fourth-order valence-corrected chi connectivity index (χ4v) is 7.13. The van der Waals surface area contributed by atoms with Gasteiger partial charge in [-0.15, -0.1) is 0 Å². The number of halogens is 1. The van der Waals surface area contributed by atoms with E-state index in [9.17, 15) is 4.39 Å². The second kappa shape index (κ2) is 6.34. The van der Waals surface area contributed by atoms with Gasteiger partial charge in [0.05, 0.1) is 6.33 Å². The van der Waals surface area contributed by atoms with Gasteiger partial charge in [0.1, 0.15) is 0 Å². The highest BCUT2D eigenvalue weighted by atomic mass is 32.2. The first-order valence-corrected chi connectivity index (χ1v) is 11.2. The summed E-state index contributed by atoms with van der Waals surface area (Å²) in [6, 6.07) is 0. The van der Waals surface area contributed by atoms with Gasteiger partial charge >= 0.3 is 0 Å². The molecule has 4 aliphatic rings. The van der Waals surface area contributed by atoms with Gasteiger partial charge in [0.2, 0.25) is 0 Å². The van der Waals surface area contributed by atoms with Crippen molar-refractivity contribution in [3.8, 4) is 0 Å². The minimum absolute atomic E-state index is 0.0967. The third-order valence-corrected chi connectivity index (χ3v) is 8.48. The molecule has 0 saturated heterocycles. The van der Waals surface area contributed by atoms with Gasteiger partial charge in [-0.2, -0.15) is 11.8 Å². The van der Waals surface area contributed by atoms with Gasteiger partial charge in [0.15, 0.2) is 0 Å². The lowest BCUT2D eigenvalue weighted by Gasteiger charge is -2.54. The van der Waals surface area contributed by atoms with Gasteiger partial charge in [-0.05, 0) is 92.6 Å². The minimum Gasteiger partial charge on any atom is -0.216 e. The maximum absolute atomic E-state index is 13.5. The summed E-state index contributed by atoms with van der Waals surface area (Å²) < 4.78 is 13.5. The minimum atomic E-state index is 0.0967. The molecular weight excluding hydrogens is 315 g/mol. The van der Waals surface area contributed by atoms with Crippen LogP contribution in [0.4, 0.5) is 4.39 Å². The Balaban J connectivity index is 1.75. The van der Waals surface area contributed by atoms with E-state index >= 15 is 0 Å². The van der Waals surface area contributed by atoms with Crippen LogP contribution in [0.25, 0.3) is 0 Å². The molecule has 24 heavy (non-hydrogen) atoms. The van der Waals surface area contributed by atoms with Gasteiger partial charge in [0.25, 0.3) is 0 Å². The van der Waals surface area contributed by atoms with Crippen molar-refractivity contribution in [2.24, 2.45) is 22.7 Å². The molecule has 0 spiro atoms. The largest absolute Gasteiger partial charge is 0.216 e. The molecule has 0 aromatic heterocycles. The summed E-state index contributed by atoms with van der Waals surface area (Å²) in [4.78, 5) is 0. The summed E-state index contributed by atoms with van der Waals surface area (Å²) in [7, 11) is 0. The van der Waals surface area contributed by atoms with E-state index in [1.165, 1.54) is 50.7 Å². The number of hydrogen-bond acceptors (Lipinski definition) is 1. The molecule has 0 aromatic carbocycles. The van der Waals surface area contributed by atoms with E-state index in [0.29, 0.717) is 17.3 Å². The summed E-state index contributed by atoms with van der Waals surface area (Å²) in [6.07, 6.45) is 19.5. The third-order valence-electron chi connectivity index (χ3n) is 7.86. The molecule has 0 N–H and O–H groups in total. The predicted molar refractivity (Wildman–Crippen MR) is 103 cm³/mol. The molecule has 0 bridgehead atoms. The number of hydrogen-bond donors (Lipinski definition) is 0. The molecule has 0 aromatic rings. The normalized spacial score (nSPS) is 42.9. The topological polar surface area (TPSA) is 0 Å². The molecule has 0 heterocycles. The Kier molecular flexibility index (Phi) is 4.48. The van der Waals surface area contributed by atoms with E-state index in [1.54, 1.807) is 11.1 Å². The van der Waals surface area contributed by atoms with Crippen molar-refractivity contribution >= 4 is 11.8 Å². The van der Waals surface area contributed by atoms with E-state index in [4.69, 9.17) is 0 Å². The Morgan fingerprint density at radius 3 is 2.96 bits per heavy atom. The summed E-state index contributed by atoms with van der Waals surface area (Å²) in [5.41, 5.74) is 5.09. The maximum atomic E-state index is 13.5. The van der Waals surface area contributed by atoms with Gasteiger partial charge in [-0.3, -0.25) is 0 Å². The second-order valence-corrected chi connectivity index (χ2v) is 9.64. The highest BCUT2D eigenvalue weighted by molar-refractivity contribution is 7.98. The van der Waals surface area contributed by atoms with Crippen LogP contribution in [0.3, 0.4) is 0 Å². The molecule has 0 amide bonds. The standard InChI is InChI=1S/C22H31FS/c1-21-12-10-20-18(19(21)9-7-17(21)15-23)8-6-16-5-3-4-11-22(16,20)13-14-24-2/h5,10,15,18-19H,3-4,6-9,11-14H2,1-2H3/t18-,19-,21+,22+/m0/s1. The number of fused-ring (bicyclic) bond motifs is 5. The van der Waals surface area contributed by atoms with Gasteiger partial charge < -0.3 is 0 Å². The molecule has 4 aliphatic carbocycles. The molecule has 2 fully saturated rings. The summed E-state index contributed by atoms with van der Waals surface area (Å²) >= 11 is 1.99. The second-order valence-electron chi connectivity index (χ2n) is 8.65. The first kappa shape index (κ1) is 16.9. The van der Waals surface area contributed by atoms with Crippen molar-refractivity contribution in [1.29, 1.82) is 0 Å². The average molecular weight is 347 g/mol. The van der Waals surface area contributed by atoms with Crippen molar-refractivity contribution < 1.29 is 4.39 Å². The van der Waals surface area contributed by atoms with Gasteiger partial charge in [0, 0.05) is 5.41 Å². The van der Waals surface area contributed by atoms with E-state index in [2.05, 4.69) is 25.3 Å². The summed E-state index contributed by atoms with van der Waals surface area (Å²) in [6.45, 7) is 2.34. The Labute approximate surface area is 151 Å². The van der Waals surface area contributed by atoms with Crippen molar-refractivity contribution in [3.05, 3.63) is 35.2 Å². The quantitative estimate of drug-likeness (QED) is 0.504. The van der Waals surface area contributed by atoms with E-state index in [0.717, 1.165) is 24.7 Å². The van der Waals surface area contributed by atoms with Crippen LogP contribution in [-0.4, -0.2) is 12.0 Å². The van der Waals surface area contributed by atoms with Crippen LogP contribution >= 0.6 is 11.8 Å². The number of rotatable bonds is 3. The molecule has 0 radical (unpaired) electrons. The Morgan fingerprint density at radius 2 is 2.17 bits per heavy atom. The molecule has 0 nitrogen and oxygen atoms in total. The zero-order valence-electron chi connectivity index (χ0n) is 15.2. The lowest BCUT2D eigenvalue weighted by Crippen LogP contribution is -2.44. The molecule has 132 valence electrons. The smallest absolute Gasteiger partial charge is 0.0864 e. The highest BCUT2D eigenvalue weighted by Crippen LogP contribution is 2.65. The van der Waals surface area contributed by atoms with Crippen LogP contribution in [0.2, 0.25) is 0 Å². The maximum Gasteiger partial charge on any atom is 0.0864 e.